The van der Waals surface area contributed by atoms with Crippen LogP contribution in [-0.4, -0.2) is 35.0 Å². The number of carbonyl (C=O) groups excluding carboxylic acids is 1. The third kappa shape index (κ3) is 2.60. The normalized spacial score (nSPS) is 48.3. The molecule has 0 aromatic carbocycles. The Labute approximate surface area is 163 Å². The lowest BCUT2D eigenvalue weighted by atomic mass is 9.48. The predicted molar refractivity (Wildman–Crippen MR) is 107 cm³/mol. The summed E-state index contributed by atoms with van der Waals surface area (Å²) in [6, 6.07) is 0. The van der Waals surface area contributed by atoms with Gasteiger partial charge in [0.15, 0.2) is 5.78 Å². The molecule has 0 spiro atoms. The number of carbonyl (C=O) groups is 1. The first kappa shape index (κ1) is 18.0. The summed E-state index contributed by atoms with van der Waals surface area (Å²) in [5, 5.41) is 10.2. The van der Waals surface area contributed by atoms with Crippen molar-refractivity contribution < 1.29 is 9.90 Å². The summed E-state index contributed by atoms with van der Waals surface area (Å²) in [5.74, 6) is 2.30. The van der Waals surface area contributed by atoms with Gasteiger partial charge in [0, 0.05) is 30.3 Å². The minimum Gasteiger partial charge on any atom is -0.393 e. The molecule has 5 rings (SSSR count). The van der Waals surface area contributed by atoms with E-state index in [-0.39, 0.29) is 16.9 Å². The Balaban J connectivity index is 1.45. The molecule has 1 heterocycles. The fourth-order valence-electron chi connectivity index (χ4n) is 7.52. The fourth-order valence-corrected chi connectivity index (χ4v) is 7.52. The van der Waals surface area contributed by atoms with Gasteiger partial charge in [-0.3, -0.25) is 4.79 Å². The van der Waals surface area contributed by atoms with Gasteiger partial charge in [-0.25, -0.2) is 0 Å². The van der Waals surface area contributed by atoms with E-state index < -0.39 is 0 Å². The molecule has 3 saturated carbocycles. The van der Waals surface area contributed by atoms with E-state index in [4.69, 9.17) is 0 Å². The first-order chi connectivity index (χ1) is 12.9. The predicted octanol–water partition coefficient (Wildman–Crippen LogP) is 4.47. The van der Waals surface area contributed by atoms with Crippen molar-refractivity contribution >= 4 is 5.78 Å². The Kier molecular flexibility index (Phi) is 4.13. The third-order valence-corrected chi connectivity index (χ3v) is 9.20. The SMILES string of the molecule is C[C@]12CC[C@@H](O)CC1=CC[C@@H]1[C@@H]2CC[C@]2(C)C(=O)/C(=C\N3CCCC3)C[C@@H]12. The highest BCUT2D eigenvalue weighted by atomic mass is 16.3. The van der Waals surface area contributed by atoms with E-state index in [2.05, 4.69) is 31.0 Å². The summed E-state index contributed by atoms with van der Waals surface area (Å²) in [6.07, 6.45) is 14.4. The first-order valence-electron chi connectivity index (χ1n) is 11.3. The Bertz CT molecular complexity index is 703. The molecule has 0 bridgehead atoms. The average Bonchev–Trinajstić information content (AvgIpc) is 3.24. The molecule has 0 unspecified atom stereocenters. The van der Waals surface area contributed by atoms with Crippen molar-refractivity contribution in [1.82, 2.24) is 4.90 Å². The van der Waals surface area contributed by atoms with E-state index in [9.17, 15) is 9.90 Å². The average molecular weight is 370 g/mol. The molecule has 1 aliphatic heterocycles. The zero-order valence-electron chi connectivity index (χ0n) is 17.0. The maximum atomic E-state index is 13.4. The van der Waals surface area contributed by atoms with E-state index in [1.807, 2.05) is 0 Å². The minimum atomic E-state index is -0.141. The van der Waals surface area contributed by atoms with Crippen molar-refractivity contribution in [2.75, 3.05) is 13.1 Å². The van der Waals surface area contributed by atoms with Crippen LogP contribution in [0.5, 0.6) is 0 Å². The van der Waals surface area contributed by atoms with Crippen molar-refractivity contribution in [3.05, 3.63) is 23.4 Å². The molecule has 0 aromatic heterocycles. The van der Waals surface area contributed by atoms with Crippen LogP contribution in [0.1, 0.15) is 71.6 Å². The van der Waals surface area contributed by atoms with Crippen LogP contribution in [0.25, 0.3) is 0 Å². The molecule has 4 aliphatic carbocycles. The number of allylic oxidation sites excluding steroid dienone is 2. The maximum Gasteiger partial charge on any atom is 0.166 e. The topological polar surface area (TPSA) is 40.5 Å². The molecular formula is C24H35NO2. The van der Waals surface area contributed by atoms with E-state index in [0.29, 0.717) is 23.5 Å². The molecule has 0 amide bonds. The monoisotopic (exact) mass is 369 g/mol. The molecule has 4 fully saturated rings. The molecule has 0 radical (unpaired) electrons. The second kappa shape index (κ2) is 6.20. The molecule has 5 aliphatic rings. The quantitative estimate of drug-likeness (QED) is 0.548. The first-order valence-corrected chi connectivity index (χ1v) is 11.3. The van der Waals surface area contributed by atoms with Gasteiger partial charge in [-0.15, -0.1) is 0 Å². The van der Waals surface area contributed by atoms with Crippen molar-refractivity contribution in [1.29, 1.82) is 0 Å². The molecular weight excluding hydrogens is 334 g/mol. The molecule has 1 saturated heterocycles. The highest BCUT2D eigenvalue weighted by molar-refractivity contribution is 6.02. The second-order valence-electron chi connectivity index (χ2n) is 10.5. The van der Waals surface area contributed by atoms with E-state index in [1.54, 1.807) is 0 Å². The van der Waals surface area contributed by atoms with Gasteiger partial charge in [0.25, 0.3) is 0 Å². The van der Waals surface area contributed by atoms with Gasteiger partial charge >= 0.3 is 0 Å². The van der Waals surface area contributed by atoms with Gasteiger partial charge in [0.1, 0.15) is 0 Å². The number of rotatable bonds is 1. The number of aliphatic hydroxyl groups excluding tert-OH is 1. The van der Waals surface area contributed by atoms with E-state index in [0.717, 1.165) is 57.2 Å². The number of hydrogen-bond acceptors (Lipinski definition) is 3. The maximum absolute atomic E-state index is 13.4. The van der Waals surface area contributed by atoms with Crippen LogP contribution in [-0.2, 0) is 4.79 Å². The highest BCUT2D eigenvalue weighted by Gasteiger charge is 2.59. The number of hydrogen-bond donors (Lipinski definition) is 1. The molecule has 6 atom stereocenters. The Morgan fingerprint density at radius 1 is 1.07 bits per heavy atom. The smallest absolute Gasteiger partial charge is 0.166 e. The summed E-state index contributed by atoms with van der Waals surface area (Å²) >= 11 is 0. The second-order valence-corrected chi connectivity index (χ2v) is 10.5. The summed E-state index contributed by atoms with van der Waals surface area (Å²) < 4.78 is 0. The molecule has 1 N–H and O–H groups in total. The van der Waals surface area contributed by atoms with Crippen LogP contribution < -0.4 is 0 Å². The van der Waals surface area contributed by atoms with Gasteiger partial charge in [0.2, 0.25) is 0 Å². The zero-order chi connectivity index (χ0) is 18.8. The molecule has 3 nitrogen and oxygen atoms in total. The lowest BCUT2D eigenvalue weighted by molar-refractivity contribution is -0.130. The Hall–Kier alpha value is -1.09. The number of likely N-dealkylation sites (tertiary alicyclic amines) is 1. The fraction of sp³-hybridized carbons (Fsp3) is 0.792. The summed E-state index contributed by atoms with van der Waals surface area (Å²) in [5.41, 5.74) is 2.75. The summed E-state index contributed by atoms with van der Waals surface area (Å²) in [6.45, 7) is 6.97. The third-order valence-electron chi connectivity index (χ3n) is 9.20. The zero-order valence-corrected chi connectivity index (χ0v) is 17.0. The van der Waals surface area contributed by atoms with Gasteiger partial charge in [0.05, 0.1) is 6.10 Å². The van der Waals surface area contributed by atoms with Gasteiger partial charge in [-0.05, 0) is 81.0 Å². The standard InChI is InChI=1S/C24H35NO2/c1-23-9-7-18(26)14-17(23)5-6-19-20(23)8-10-24(2)21(19)13-16(22(24)27)15-25-11-3-4-12-25/h5,15,18-21,26H,3-4,6-14H2,1-2H3/b16-15-/t18-,19-,20+,21+,23+,24+/m1/s1. The van der Waals surface area contributed by atoms with Crippen LogP contribution in [0.4, 0.5) is 0 Å². The van der Waals surface area contributed by atoms with Crippen LogP contribution in [0, 0.1) is 28.6 Å². The Morgan fingerprint density at radius 3 is 2.59 bits per heavy atom. The van der Waals surface area contributed by atoms with Crippen molar-refractivity contribution in [2.24, 2.45) is 28.6 Å². The highest BCUT2D eigenvalue weighted by Crippen LogP contribution is 2.64. The van der Waals surface area contributed by atoms with Crippen LogP contribution in [0.2, 0.25) is 0 Å². The lowest BCUT2D eigenvalue weighted by Crippen LogP contribution is -2.50. The van der Waals surface area contributed by atoms with Crippen molar-refractivity contribution in [2.45, 2.75) is 77.7 Å². The van der Waals surface area contributed by atoms with E-state index >= 15 is 0 Å². The van der Waals surface area contributed by atoms with E-state index in [1.165, 1.54) is 24.8 Å². The molecule has 0 aromatic rings. The minimum absolute atomic E-state index is 0.136. The lowest BCUT2D eigenvalue weighted by Gasteiger charge is -2.56. The number of Topliss-reactive ketones (excluding diaryl/α,β-unsaturated/α-hetero) is 1. The van der Waals surface area contributed by atoms with Gasteiger partial charge in [-0.1, -0.05) is 25.5 Å². The summed E-state index contributed by atoms with van der Waals surface area (Å²) in [7, 11) is 0. The summed E-state index contributed by atoms with van der Waals surface area (Å²) in [4.78, 5) is 15.8. The van der Waals surface area contributed by atoms with Crippen LogP contribution in [0.3, 0.4) is 0 Å². The Morgan fingerprint density at radius 2 is 1.81 bits per heavy atom. The molecule has 27 heavy (non-hydrogen) atoms. The van der Waals surface area contributed by atoms with Gasteiger partial charge < -0.3 is 10.0 Å². The largest absolute Gasteiger partial charge is 0.393 e. The number of fused-ring (bicyclic) bond motifs is 5. The van der Waals surface area contributed by atoms with Crippen LogP contribution >= 0.6 is 0 Å². The number of aliphatic hydroxyl groups is 1. The van der Waals surface area contributed by atoms with Crippen molar-refractivity contribution in [3.63, 3.8) is 0 Å². The molecule has 148 valence electrons. The van der Waals surface area contributed by atoms with Crippen molar-refractivity contribution in [3.8, 4) is 0 Å². The number of ketones is 1. The number of nitrogens with zero attached hydrogens (tertiary/aromatic N) is 1. The van der Waals surface area contributed by atoms with Crippen LogP contribution in [0.15, 0.2) is 23.4 Å². The van der Waals surface area contributed by atoms with Gasteiger partial charge in [-0.2, -0.15) is 0 Å². The molecule has 3 heteroatoms.